The Balaban J connectivity index is 3.00. The van der Waals surface area contributed by atoms with Crippen LogP contribution in [-0.2, 0) is 4.74 Å². The van der Waals surface area contributed by atoms with E-state index in [9.17, 15) is 5.11 Å². The van der Waals surface area contributed by atoms with Crippen LogP contribution in [0.2, 0.25) is 0 Å². The number of hydrogen-bond acceptors (Lipinski definition) is 3. The van der Waals surface area contributed by atoms with Gasteiger partial charge in [0.2, 0.25) is 0 Å². The molecule has 3 heteroatoms. The van der Waals surface area contributed by atoms with Crippen molar-refractivity contribution in [2.24, 2.45) is 0 Å². The van der Waals surface area contributed by atoms with Gasteiger partial charge in [0.05, 0.1) is 12.7 Å². The van der Waals surface area contributed by atoms with Crippen molar-refractivity contribution < 1.29 is 14.9 Å². The quantitative estimate of drug-likeness (QED) is 0.247. The van der Waals surface area contributed by atoms with Gasteiger partial charge in [-0.3, -0.25) is 0 Å². The summed E-state index contributed by atoms with van der Waals surface area (Å²) in [5, 5.41) is 18.1. The molecule has 2 N–H and O–H groups in total. The summed E-state index contributed by atoms with van der Waals surface area (Å²) in [6.07, 6.45) is 21.9. The summed E-state index contributed by atoms with van der Waals surface area (Å²) in [7, 11) is 0. The molecule has 0 aliphatic heterocycles. The third-order valence-electron chi connectivity index (χ3n) is 4.91. The average molecular weight is 359 g/mol. The van der Waals surface area contributed by atoms with Crippen molar-refractivity contribution in [3.8, 4) is 0 Å². The monoisotopic (exact) mass is 358 g/mol. The van der Waals surface area contributed by atoms with E-state index < -0.39 is 6.10 Å². The highest BCUT2D eigenvalue weighted by Gasteiger charge is 2.02. The fourth-order valence-electron chi connectivity index (χ4n) is 3.20. The maximum absolute atomic E-state index is 9.40. The summed E-state index contributed by atoms with van der Waals surface area (Å²) in [5.41, 5.74) is 0. The summed E-state index contributed by atoms with van der Waals surface area (Å²) in [5.74, 6) is 0. The Morgan fingerprint density at radius 3 is 1.44 bits per heavy atom. The minimum Gasteiger partial charge on any atom is -0.396 e. The van der Waals surface area contributed by atoms with Crippen molar-refractivity contribution in [3.05, 3.63) is 0 Å². The SMILES string of the molecule is CCCCCCCCCCCCCCCCCCOC[C@H](O)CCO. The number of unbranched alkanes of at least 4 members (excludes halogenated alkanes) is 15. The molecular weight excluding hydrogens is 312 g/mol. The predicted octanol–water partition coefficient (Wildman–Crippen LogP) is 6.01. The molecule has 0 heterocycles. The lowest BCUT2D eigenvalue weighted by Gasteiger charge is -2.09. The molecule has 0 amide bonds. The zero-order valence-corrected chi connectivity index (χ0v) is 17.0. The molecule has 0 aromatic heterocycles. The molecular formula is C22H46O3. The second-order valence-corrected chi connectivity index (χ2v) is 7.54. The minimum absolute atomic E-state index is 0.0313. The summed E-state index contributed by atoms with van der Waals surface area (Å²) in [6.45, 7) is 3.41. The van der Waals surface area contributed by atoms with Gasteiger partial charge in [0.1, 0.15) is 0 Å². The number of hydrogen-bond donors (Lipinski definition) is 2. The molecule has 0 aromatic carbocycles. The first-order valence-electron chi connectivity index (χ1n) is 11.2. The van der Waals surface area contributed by atoms with Crippen molar-refractivity contribution in [3.63, 3.8) is 0 Å². The van der Waals surface area contributed by atoms with Crippen molar-refractivity contribution in [1.82, 2.24) is 0 Å². The summed E-state index contributed by atoms with van der Waals surface area (Å²) in [6, 6.07) is 0. The molecule has 0 aliphatic rings. The lowest BCUT2D eigenvalue weighted by molar-refractivity contribution is 0.0228. The van der Waals surface area contributed by atoms with Gasteiger partial charge in [0.15, 0.2) is 0 Å². The van der Waals surface area contributed by atoms with E-state index in [1.165, 1.54) is 96.3 Å². The predicted molar refractivity (Wildman–Crippen MR) is 108 cm³/mol. The lowest BCUT2D eigenvalue weighted by atomic mass is 10.0. The maximum atomic E-state index is 9.40. The van der Waals surface area contributed by atoms with Crippen molar-refractivity contribution in [1.29, 1.82) is 0 Å². The first-order valence-corrected chi connectivity index (χ1v) is 11.2. The Kier molecular flexibility index (Phi) is 21.8. The van der Waals surface area contributed by atoms with Crippen LogP contribution in [0.3, 0.4) is 0 Å². The third-order valence-corrected chi connectivity index (χ3v) is 4.91. The van der Waals surface area contributed by atoms with Crippen LogP contribution in [0.4, 0.5) is 0 Å². The van der Waals surface area contributed by atoms with E-state index in [1.54, 1.807) is 0 Å². The van der Waals surface area contributed by atoms with Gasteiger partial charge >= 0.3 is 0 Å². The largest absolute Gasteiger partial charge is 0.396 e. The Labute approximate surface area is 157 Å². The molecule has 0 saturated carbocycles. The van der Waals surface area contributed by atoms with Crippen molar-refractivity contribution in [2.75, 3.05) is 19.8 Å². The number of aliphatic hydroxyl groups excluding tert-OH is 2. The molecule has 0 aromatic rings. The van der Waals surface area contributed by atoms with Crippen LogP contribution in [0.5, 0.6) is 0 Å². The molecule has 25 heavy (non-hydrogen) atoms. The van der Waals surface area contributed by atoms with E-state index in [0.29, 0.717) is 13.0 Å². The van der Waals surface area contributed by atoms with E-state index >= 15 is 0 Å². The Morgan fingerprint density at radius 2 is 1.04 bits per heavy atom. The van der Waals surface area contributed by atoms with Gasteiger partial charge in [-0.2, -0.15) is 0 Å². The van der Waals surface area contributed by atoms with E-state index in [1.807, 2.05) is 0 Å². The van der Waals surface area contributed by atoms with E-state index in [0.717, 1.165) is 13.0 Å². The maximum Gasteiger partial charge on any atom is 0.0795 e. The molecule has 0 saturated heterocycles. The lowest BCUT2D eigenvalue weighted by Crippen LogP contribution is -2.17. The normalized spacial score (nSPS) is 12.6. The molecule has 1 atom stereocenters. The van der Waals surface area contributed by atoms with E-state index in [4.69, 9.17) is 9.84 Å². The van der Waals surface area contributed by atoms with Gasteiger partial charge in [-0.25, -0.2) is 0 Å². The van der Waals surface area contributed by atoms with Crippen LogP contribution in [-0.4, -0.2) is 36.1 Å². The van der Waals surface area contributed by atoms with Gasteiger partial charge in [0, 0.05) is 13.2 Å². The Bertz CT molecular complexity index is 233. The smallest absolute Gasteiger partial charge is 0.0795 e. The molecule has 0 fully saturated rings. The van der Waals surface area contributed by atoms with Crippen molar-refractivity contribution >= 4 is 0 Å². The van der Waals surface area contributed by atoms with Crippen LogP contribution in [0.1, 0.15) is 116 Å². The third kappa shape index (κ3) is 21.8. The molecule has 0 aliphatic carbocycles. The highest BCUT2D eigenvalue weighted by molar-refractivity contribution is 4.52. The molecule has 0 spiro atoms. The van der Waals surface area contributed by atoms with Crippen molar-refractivity contribution in [2.45, 2.75) is 122 Å². The molecule has 3 nitrogen and oxygen atoms in total. The summed E-state index contributed by atoms with van der Waals surface area (Å²) < 4.78 is 5.41. The Hall–Kier alpha value is -0.120. The average Bonchev–Trinajstić information content (AvgIpc) is 2.61. The second-order valence-electron chi connectivity index (χ2n) is 7.54. The number of rotatable bonds is 21. The molecule has 0 radical (unpaired) electrons. The minimum atomic E-state index is -0.508. The molecule has 0 bridgehead atoms. The van der Waals surface area contributed by atoms with Gasteiger partial charge in [-0.15, -0.1) is 0 Å². The second kappa shape index (κ2) is 21.9. The number of ether oxygens (including phenoxy) is 1. The number of aliphatic hydroxyl groups is 2. The zero-order chi connectivity index (χ0) is 18.4. The van der Waals surface area contributed by atoms with E-state index in [2.05, 4.69) is 6.92 Å². The fourth-order valence-corrected chi connectivity index (χ4v) is 3.20. The Morgan fingerprint density at radius 1 is 0.640 bits per heavy atom. The van der Waals surface area contributed by atoms with Gasteiger partial charge in [0.25, 0.3) is 0 Å². The molecule has 0 rings (SSSR count). The van der Waals surface area contributed by atoms with Crippen LogP contribution in [0.25, 0.3) is 0 Å². The fraction of sp³-hybridized carbons (Fsp3) is 1.00. The first-order chi connectivity index (χ1) is 12.3. The topological polar surface area (TPSA) is 49.7 Å². The first kappa shape index (κ1) is 24.9. The van der Waals surface area contributed by atoms with Gasteiger partial charge in [-0.05, 0) is 12.8 Å². The molecule has 152 valence electrons. The van der Waals surface area contributed by atoms with E-state index in [-0.39, 0.29) is 6.61 Å². The van der Waals surface area contributed by atoms with Crippen LogP contribution < -0.4 is 0 Å². The van der Waals surface area contributed by atoms with Crippen LogP contribution in [0.15, 0.2) is 0 Å². The van der Waals surface area contributed by atoms with Crippen LogP contribution >= 0.6 is 0 Å². The summed E-state index contributed by atoms with van der Waals surface area (Å²) in [4.78, 5) is 0. The van der Waals surface area contributed by atoms with Crippen LogP contribution in [0, 0.1) is 0 Å². The summed E-state index contributed by atoms with van der Waals surface area (Å²) >= 11 is 0. The zero-order valence-electron chi connectivity index (χ0n) is 17.0. The molecule has 0 unspecified atom stereocenters. The van der Waals surface area contributed by atoms with Gasteiger partial charge in [-0.1, -0.05) is 103 Å². The standard InChI is InChI=1S/C22H46O3/c1-2-3-4-5-6-7-8-9-10-11-12-13-14-15-16-17-20-25-21-22(24)18-19-23/h22-24H,2-21H2,1H3/t22-/m1/s1. The van der Waals surface area contributed by atoms with Gasteiger partial charge < -0.3 is 14.9 Å². The highest BCUT2D eigenvalue weighted by Crippen LogP contribution is 2.13. The highest BCUT2D eigenvalue weighted by atomic mass is 16.5.